The summed E-state index contributed by atoms with van der Waals surface area (Å²) in [5.74, 6) is -1.81. The molecule has 2 aromatic heterocycles. The first-order valence-electron chi connectivity index (χ1n) is 13.8. The normalized spacial score (nSPS) is 14.1. The van der Waals surface area contributed by atoms with Gasteiger partial charge in [-0.25, -0.2) is 26.2 Å². The Bertz CT molecular complexity index is 2050. The molecule has 0 amide bonds. The zero-order chi connectivity index (χ0) is 31.2. The van der Waals surface area contributed by atoms with Gasteiger partial charge in [-0.1, -0.05) is 24.3 Å². The maximum Gasteiger partial charge on any atom is 0.273 e. The van der Waals surface area contributed by atoms with Crippen molar-refractivity contribution in [3.8, 4) is 39.8 Å². The summed E-state index contributed by atoms with van der Waals surface area (Å²) < 4.78 is 63.9. The van der Waals surface area contributed by atoms with E-state index in [0.29, 0.717) is 42.6 Å². The van der Waals surface area contributed by atoms with Crippen molar-refractivity contribution >= 4 is 26.7 Å². The van der Waals surface area contributed by atoms with Crippen LogP contribution < -0.4 is 15.4 Å². The van der Waals surface area contributed by atoms with Crippen LogP contribution in [0.1, 0.15) is 18.4 Å². The van der Waals surface area contributed by atoms with Crippen LogP contribution in [-0.4, -0.2) is 48.7 Å². The summed E-state index contributed by atoms with van der Waals surface area (Å²) in [6.45, 7) is 0.943. The number of nitrogens with zero attached hydrogens (tertiary/aromatic N) is 4. The Morgan fingerprint density at radius 3 is 2.41 bits per heavy atom. The van der Waals surface area contributed by atoms with Crippen LogP contribution in [0.25, 0.3) is 33.3 Å². The predicted octanol–water partition coefficient (Wildman–Crippen LogP) is 5.40. The van der Waals surface area contributed by atoms with Gasteiger partial charge in [0, 0.05) is 54.3 Å². The monoisotopic (exact) mass is 615 g/mol. The molecule has 0 spiro atoms. The van der Waals surface area contributed by atoms with Gasteiger partial charge in [0.05, 0.1) is 23.7 Å². The Balaban J connectivity index is 1.76. The van der Waals surface area contributed by atoms with Gasteiger partial charge in [-0.3, -0.25) is 0 Å². The Morgan fingerprint density at radius 1 is 1.02 bits per heavy atom. The van der Waals surface area contributed by atoms with Crippen LogP contribution in [0.15, 0.2) is 78.0 Å². The number of nitriles is 1. The number of aromatic nitrogens is 2. The molecule has 9 nitrogen and oxygen atoms in total. The second-order valence-electron chi connectivity index (χ2n) is 10.5. The van der Waals surface area contributed by atoms with Gasteiger partial charge in [-0.2, -0.15) is 5.26 Å². The number of nitrogens with two attached hydrogens (primary N) is 1. The van der Waals surface area contributed by atoms with Crippen LogP contribution in [0.4, 0.5) is 14.5 Å². The van der Waals surface area contributed by atoms with Crippen molar-refractivity contribution in [1.29, 1.82) is 5.26 Å². The van der Waals surface area contributed by atoms with Crippen LogP contribution in [-0.2, 0) is 10.0 Å². The van der Waals surface area contributed by atoms with E-state index < -0.39 is 21.7 Å². The van der Waals surface area contributed by atoms with E-state index in [1.807, 2.05) is 11.0 Å². The molecule has 1 saturated heterocycles. The number of para-hydroxylation sites is 2. The van der Waals surface area contributed by atoms with E-state index in [2.05, 4.69) is 4.98 Å². The molecule has 3 N–H and O–H groups in total. The summed E-state index contributed by atoms with van der Waals surface area (Å²) in [6, 6.07) is 15.7. The van der Waals surface area contributed by atoms with Crippen molar-refractivity contribution in [3.63, 3.8) is 0 Å². The van der Waals surface area contributed by atoms with Crippen molar-refractivity contribution in [1.82, 2.24) is 8.96 Å². The number of ether oxygens (including phenoxy) is 1. The first-order chi connectivity index (χ1) is 21.1. The van der Waals surface area contributed by atoms with Gasteiger partial charge in [-0.05, 0) is 48.7 Å². The number of phenols is 1. The maximum absolute atomic E-state index is 14.5. The molecule has 6 rings (SSSR count). The van der Waals surface area contributed by atoms with Gasteiger partial charge in [0.25, 0.3) is 10.0 Å². The van der Waals surface area contributed by atoms with Crippen molar-refractivity contribution in [2.75, 3.05) is 25.1 Å². The van der Waals surface area contributed by atoms with E-state index in [4.69, 9.17) is 10.5 Å². The van der Waals surface area contributed by atoms with Crippen molar-refractivity contribution < 1.29 is 27.0 Å². The molecule has 0 saturated carbocycles. The van der Waals surface area contributed by atoms with Crippen molar-refractivity contribution in [2.24, 2.45) is 5.73 Å². The van der Waals surface area contributed by atoms with Gasteiger partial charge in [-0.15, -0.1) is 0 Å². The minimum Gasteiger partial charge on any atom is -0.506 e. The molecule has 44 heavy (non-hydrogen) atoms. The minimum atomic E-state index is -4.35. The highest BCUT2D eigenvalue weighted by atomic mass is 32.2. The summed E-state index contributed by atoms with van der Waals surface area (Å²) in [4.78, 5) is 6.42. The number of anilines is 1. The van der Waals surface area contributed by atoms with Crippen LogP contribution >= 0.6 is 0 Å². The molecular formula is C32H27F2N5O4S. The summed E-state index contributed by atoms with van der Waals surface area (Å²) in [7, 11) is -2.99. The number of phenolic OH excluding ortho intramolecular Hbond substituents is 1. The molecule has 0 bridgehead atoms. The number of fused-ring (bicyclic) bond motifs is 1. The number of hydrogen-bond acceptors (Lipinski definition) is 8. The Labute approximate surface area is 252 Å². The number of pyridine rings is 1. The molecule has 0 atom stereocenters. The van der Waals surface area contributed by atoms with Crippen molar-refractivity contribution in [2.45, 2.75) is 23.8 Å². The van der Waals surface area contributed by atoms with E-state index in [0.717, 1.165) is 10.0 Å². The van der Waals surface area contributed by atoms with E-state index in [-0.39, 0.29) is 50.3 Å². The Kier molecular flexibility index (Phi) is 7.44. The molecule has 1 fully saturated rings. The fraction of sp³-hybridized carbons (Fsp3) is 0.188. The lowest BCUT2D eigenvalue weighted by molar-refractivity contribution is 0.402. The second-order valence-corrected chi connectivity index (χ2v) is 12.3. The average molecular weight is 616 g/mol. The number of halogens is 2. The Hall–Kier alpha value is -4.99. The molecule has 0 unspecified atom stereocenters. The topological polar surface area (TPSA) is 134 Å². The summed E-state index contributed by atoms with van der Waals surface area (Å²) in [5.41, 5.74) is 7.66. The largest absolute Gasteiger partial charge is 0.506 e. The third-order valence-corrected chi connectivity index (χ3v) is 9.53. The van der Waals surface area contributed by atoms with E-state index >= 15 is 0 Å². The SMILES string of the molecule is COc1ccccc1S(=O)(=O)n1cc(-c2cccc(C#N)c2O)c2c(N3CCC(N)CC3)c(-c3cc(F)cc(F)c3)cnc21. The number of benzene rings is 3. The first kappa shape index (κ1) is 29.1. The number of aromatic hydroxyl groups is 1. The molecule has 0 radical (unpaired) electrons. The molecule has 5 aromatic rings. The van der Waals surface area contributed by atoms with E-state index in [1.54, 1.807) is 24.3 Å². The van der Waals surface area contributed by atoms with Crippen LogP contribution in [0.3, 0.4) is 0 Å². The fourth-order valence-corrected chi connectivity index (χ4v) is 7.18. The van der Waals surface area contributed by atoms with E-state index in [1.165, 1.54) is 49.8 Å². The highest BCUT2D eigenvalue weighted by Crippen LogP contribution is 2.46. The lowest BCUT2D eigenvalue weighted by atomic mass is 9.95. The lowest BCUT2D eigenvalue weighted by Crippen LogP contribution is -2.40. The fourth-order valence-electron chi connectivity index (χ4n) is 5.70. The van der Waals surface area contributed by atoms with Gasteiger partial charge >= 0.3 is 0 Å². The average Bonchev–Trinajstić information content (AvgIpc) is 3.41. The zero-order valence-electron chi connectivity index (χ0n) is 23.5. The summed E-state index contributed by atoms with van der Waals surface area (Å²) in [6.07, 6.45) is 3.96. The first-order valence-corrected chi connectivity index (χ1v) is 15.2. The quantitative estimate of drug-likeness (QED) is 0.259. The molecule has 3 heterocycles. The third-order valence-electron chi connectivity index (χ3n) is 7.84. The van der Waals surface area contributed by atoms with Crippen molar-refractivity contribution in [3.05, 3.63) is 90.3 Å². The lowest BCUT2D eigenvalue weighted by Gasteiger charge is -2.34. The minimum absolute atomic E-state index is 0.0122. The number of hydrogen-bond donors (Lipinski definition) is 2. The predicted molar refractivity (Wildman–Crippen MR) is 162 cm³/mol. The number of rotatable bonds is 6. The smallest absolute Gasteiger partial charge is 0.273 e. The molecular weight excluding hydrogens is 588 g/mol. The molecule has 224 valence electrons. The van der Waals surface area contributed by atoms with Crippen LogP contribution in [0, 0.1) is 23.0 Å². The molecule has 1 aliphatic heterocycles. The highest BCUT2D eigenvalue weighted by Gasteiger charge is 2.31. The number of methoxy groups -OCH3 is 1. The standard InChI is InChI=1S/C32H27F2N5O4S/c1-43-27-7-2-3-8-28(27)44(41,42)39-18-26(24-6-4-5-19(16-35)31(24)40)29-30(38-11-9-23(36)10-12-38)25(17-37-32(29)39)20-13-21(33)15-22(34)14-20/h2-8,13-15,17-18,23,40H,9-12,36H2,1H3. The van der Waals surface area contributed by atoms with Crippen LogP contribution in [0.5, 0.6) is 11.5 Å². The molecule has 1 aliphatic rings. The molecule has 12 heteroatoms. The van der Waals surface area contributed by atoms with Crippen LogP contribution in [0.2, 0.25) is 0 Å². The summed E-state index contributed by atoms with van der Waals surface area (Å²) in [5, 5.41) is 21.1. The third kappa shape index (κ3) is 4.90. The second kappa shape index (κ2) is 11.3. The Morgan fingerprint density at radius 2 is 1.73 bits per heavy atom. The zero-order valence-corrected chi connectivity index (χ0v) is 24.4. The molecule has 0 aliphatic carbocycles. The van der Waals surface area contributed by atoms with Gasteiger partial charge in [0.2, 0.25) is 0 Å². The van der Waals surface area contributed by atoms with E-state index in [9.17, 15) is 27.6 Å². The maximum atomic E-state index is 14.5. The van der Waals surface area contributed by atoms with Gasteiger partial charge < -0.3 is 20.5 Å². The molecule has 3 aromatic carbocycles. The summed E-state index contributed by atoms with van der Waals surface area (Å²) >= 11 is 0. The number of piperidine rings is 1. The highest BCUT2D eigenvalue weighted by molar-refractivity contribution is 7.90. The van der Waals surface area contributed by atoms with Gasteiger partial charge in [0.1, 0.15) is 34.1 Å². The van der Waals surface area contributed by atoms with Gasteiger partial charge in [0.15, 0.2) is 5.65 Å².